The Morgan fingerprint density at radius 1 is 1.11 bits per heavy atom. The summed E-state index contributed by atoms with van der Waals surface area (Å²) in [5.74, 6) is 1.77. The van der Waals surface area contributed by atoms with E-state index in [-0.39, 0.29) is 11.9 Å². The SMILES string of the molecule is CC(C)c1nc(N)nc(NCCc2ccccc2)n1. The molecule has 19 heavy (non-hydrogen) atoms. The summed E-state index contributed by atoms with van der Waals surface area (Å²) in [7, 11) is 0. The van der Waals surface area contributed by atoms with Crippen LogP contribution in [0.25, 0.3) is 0 Å². The molecule has 0 aliphatic heterocycles. The summed E-state index contributed by atoms with van der Waals surface area (Å²) in [4.78, 5) is 12.6. The fourth-order valence-electron chi connectivity index (χ4n) is 1.71. The van der Waals surface area contributed by atoms with E-state index in [1.807, 2.05) is 32.0 Å². The highest BCUT2D eigenvalue weighted by Gasteiger charge is 2.07. The molecule has 1 heterocycles. The number of nitrogens with one attached hydrogen (secondary N) is 1. The average Bonchev–Trinajstić information content (AvgIpc) is 2.39. The van der Waals surface area contributed by atoms with Crippen LogP contribution >= 0.6 is 0 Å². The molecule has 0 aliphatic rings. The third-order valence-electron chi connectivity index (χ3n) is 2.73. The minimum Gasteiger partial charge on any atom is -0.368 e. The Labute approximate surface area is 113 Å². The maximum atomic E-state index is 5.68. The fourth-order valence-corrected chi connectivity index (χ4v) is 1.71. The molecule has 0 saturated heterocycles. The Morgan fingerprint density at radius 2 is 1.84 bits per heavy atom. The van der Waals surface area contributed by atoms with E-state index < -0.39 is 0 Å². The van der Waals surface area contributed by atoms with Gasteiger partial charge in [0.2, 0.25) is 11.9 Å². The van der Waals surface area contributed by atoms with Gasteiger partial charge in [-0.1, -0.05) is 44.2 Å². The summed E-state index contributed by atoms with van der Waals surface area (Å²) in [5.41, 5.74) is 6.96. The Balaban J connectivity index is 1.96. The van der Waals surface area contributed by atoms with Crippen molar-refractivity contribution >= 4 is 11.9 Å². The minimum absolute atomic E-state index is 0.236. The molecule has 0 fully saturated rings. The third kappa shape index (κ3) is 3.91. The lowest BCUT2D eigenvalue weighted by atomic mass is 10.1. The van der Waals surface area contributed by atoms with Crippen molar-refractivity contribution < 1.29 is 0 Å². The number of hydrogen-bond acceptors (Lipinski definition) is 5. The third-order valence-corrected chi connectivity index (χ3v) is 2.73. The van der Waals surface area contributed by atoms with E-state index in [1.54, 1.807) is 0 Å². The smallest absolute Gasteiger partial charge is 0.227 e. The number of nitrogen functional groups attached to an aromatic ring is 1. The maximum Gasteiger partial charge on any atom is 0.227 e. The number of rotatable bonds is 5. The van der Waals surface area contributed by atoms with Crippen LogP contribution in [0.4, 0.5) is 11.9 Å². The molecule has 0 radical (unpaired) electrons. The molecule has 5 heteroatoms. The van der Waals surface area contributed by atoms with Gasteiger partial charge in [-0.05, 0) is 12.0 Å². The van der Waals surface area contributed by atoms with Gasteiger partial charge < -0.3 is 11.1 Å². The van der Waals surface area contributed by atoms with Crippen LogP contribution in [-0.2, 0) is 6.42 Å². The molecule has 2 rings (SSSR count). The van der Waals surface area contributed by atoms with Crippen LogP contribution in [0.2, 0.25) is 0 Å². The van der Waals surface area contributed by atoms with Crippen molar-refractivity contribution in [3.8, 4) is 0 Å². The predicted molar refractivity (Wildman–Crippen MR) is 77.0 cm³/mol. The van der Waals surface area contributed by atoms with Gasteiger partial charge in [-0.25, -0.2) is 0 Å². The molecule has 0 saturated carbocycles. The maximum absolute atomic E-state index is 5.68. The van der Waals surface area contributed by atoms with Crippen LogP contribution in [0, 0.1) is 0 Å². The summed E-state index contributed by atoms with van der Waals surface area (Å²) >= 11 is 0. The second kappa shape index (κ2) is 6.13. The highest BCUT2D eigenvalue weighted by molar-refractivity contribution is 5.32. The van der Waals surface area contributed by atoms with Crippen LogP contribution in [0.3, 0.4) is 0 Å². The van der Waals surface area contributed by atoms with Crippen molar-refractivity contribution in [2.24, 2.45) is 0 Å². The van der Waals surface area contributed by atoms with E-state index in [2.05, 4.69) is 32.4 Å². The Hall–Kier alpha value is -2.17. The number of hydrogen-bond donors (Lipinski definition) is 2. The summed E-state index contributed by atoms with van der Waals surface area (Å²) in [6, 6.07) is 10.3. The Kier molecular flexibility index (Phi) is 4.28. The largest absolute Gasteiger partial charge is 0.368 e. The van der Waals surface area contributed by atoms with Gasteiger partial charge in [0.15, 0.2) is 0 Å². The summed E-state index contributed by atoms with van der Waals surface area (Å²) in [6.45, 7) is 4.83. The van der Waals surface area contributed by atoms with Gasteiger partial charge >= 0.3 is 0 Å². The molecule has 0 atom stereocenters. The summed E-state index contributed by atoms with van der Waals surface area (Å²) in [6.07, 6.45) is 0.920. The molecular formula is C14H19N5. The number of aromatic nitrogens is 3. The Morgan fingerprint density at radius 3 is 2.53 bits per heavy atom. The van der Waals surface area contributed by atoms with Gasteiger partial charge in [0.25, 0.3) is 0 Å². The average molecular weight is 257 g/mol. The lowest BCUT2D eigenvalue weighted by Crippen LogP contribution is -2.12. The lowest BCUT2D eigenvalue weighted by molar-refractivity contribution is 0.764. The van der Waals surface area contributed by atoms with E-state index in [1.165, 1.54) is 5.56 Å². The monoisotopic (exact) mass is 257 g/mol. The number of anilines is 2. The number of nitrogens with zero attached hydrogens (tertiary/aromatic N) is 3. The molecule has 0 aliphatic carbocycles. The standard InChI is InChI=1S/C14H19N5/c1-10(2)12-17-13(15)19-14(18-12)16-9-8-11-6-4-3-5-7-11/h3-7,10H,8-9H2,1-2H3,(H3,15,16,17,18,19). The first-order chi connectivity index (χ1) is 9.15. The van der Waals surface area contributed by atoms with Crippen molar-refractivity contribution in [1.29, 1.82) is 0 Å². The lowest BCUT2D eigenvalue weighted by Gasteiger charge is -2.08. The highest BCUT2D eigenvalue weighted by Crippen LogP contribution is 2.11. The van der Waals surface area contributed by atoms with E-state index in [4.69, 9.17) is 5.73 Å². The van der Waals surface area contributed by atoms with E-state index in [9.17, 15) is 0 Å². The van der Waals surface area contributed by atoms with Gasteiger partial charge in [0.05, 0.1) is 0 Å². The first-order valence-corrected chi connectivity index (χ1v) is 6.44. The van der Waals surface area contributed by atoms with Crippen LogP contribution in [-0.4, -0.2) is 21.5 Å². The summed E-state index contributed by atoms with van der Waals surface area (Å²) < 4.78 is 0. The number of benzene rings is 1. The van der Waals surface area contributed by atoms with Crippen molar-refractivity contribution in [2.75, 3.05) is 17.6 Å². The van der Waals surface area contributed by atoms with E-state index in [0.717, 1.165) is 18.8 Å². The topological polar surface area (TPSA) is 76.7 Å². The van der Waals surface area contributed by atoms with Crippen LogP contribution in [0.15, 0.2) is 30.3 Å². The second-order valence-electron chi connectivity index (χ2n) is 4.69. The van der Waals surface area contributed by atoms with E-state index in [0.29, 0.717) is 5.95 Å². The summed E-state index contributed by atoms with van der Waals surface area (Å²) in [5, 5.41) is 3.19. The van der Waals surface area contributed by atoms with Gasteiger partial charge in [0, 0.05) is 12.5 Å². The zero-order valence-electron chi connectivity index (χ0n) is 11.3. The van der Waals surface area contributed by atoms with Gasteiger partial charge in [-0.3, -0.25) is 0 Å². The molecular weight excluding hydrogens is 238 g/mol. The van der Waals surface area contributed by atoms with Crippen molar-refractivity contribution in [3.05, 3.63) is 41.7 Å². The molecule has 1 aromatic carbocycles. The normalized spacial score (nSPS) is 10.7. The van der Waals surface area contributed by atoms with Crippen molar-refractivity contribution in [2.45, 2.75) is 26.2 Å². The molecule has 0 amide bonds. The van der Waals surface area contributed by atoms with Gasteiger partial charge in [0.1, 0.15) is 5.82 Å². The zero-order chi connectivity index (χ0) is 13.7. The molecule has 100 valence electrons. The molecule has 5 nitrogen and oxygen atoms in total. The van der Waals surface area contributed by atoms with Gasteiger partial charge in [-0.15, -0.1) is 0 Å². The molecule has 0 bridgehead atoms. The molecule has 0 spiro atoms. The highest BCUT2D eigenvalue weighted by atomic mass is 15.2. The zero-order valence-corrected chi connectivity index (χ0v) is 11.3. The minimum atomic E-state index is 0.236. The fraction of sp³-hybridized carbons (Fsp3) is 0.357. The molecule has 1 aromatic heterocycles. The second-order valence-corrected chi connectivity index (χ2v) is 4.69. The predicted octanol–water partition coefficient (Wildman–Crippen LogP) is 2.23. The number of nitrogens with two attached hydrogens (primary N) is 1. The van der Waals surface area contributed by atoms with Crippen molar-refractivity contribution in [3.63, 3.8) is 0 Å². The first-order valence-electron chi connectivity index (χ1n) is 6.44. The van der Waals surface area contributed by atoms with Crippen LogP contribution in [0.5, 0.6) is 0 Å². The van der Waals surface area contributed by atoms with Crippen LogP contribution < -0.4 is 11.1 Å². The first kappa shape index (κ1) is 13.3. The molecule has 0 unspecified atom stereocenters. The van der Waals surface area contributed by atoms with Crippen LogP contribution in [0.1, 0.15) is 31.2 Å². The van der Waals surface area contributed by atoms with Gasteiger partial charge in [-0.2, -0.15) is 15.0 Å². The Bertz CT molecular complexity index is 525. The molecule has 3 N–H and O–H groups in total. The van der Waals surface area contributed by atoms with E-state index >= 15 is 0 Å². The quantitative estimate of drug-likeness (QED) is 0.859. The molecule has 2 aromatic rings. The van der Waals surface area contributed by atoms with Crippen molar-refractivity contribution in [1.82, 2.24) is 15.0 Å².